The summed E-state index contributed by atoms with van der Waals surface area (Å²) in [5.74, 6) is 0.0347. The van der Waals surface area contributed by atoms with Crippen molar-refractivity contribution < 1.29 is 6.22 Å². The van der Waals surface area contributed by atoms with E-state index in [0.717, 1.165) is 0 Å². The maximum absolute atomic E-state index is 10.8. The molecule has 0 bridgehead atoms. The quantitative estimate of drug-likeness (QED) is 0.622. The topological polar surface area (TPSA) is 46.3 Å². The molecule has 0 aromatic rings. The Morgan fingerprint density at radius 3 is 1.90 bits per heavy atom. The van der Waals surface area contributed by atoms with Crippen LogP contribution in [0, 0.1) is 5.92 Å². The van der Waals surface area contributed by atoms with Crippen LogP contribution in [0.2, 0.25) is 0 Å². The summed E-state index contributed by atoms with van der Waals surface area (Å²) in [6, 6.07) is -0.139. The molecule has 3 heteroatoms. The predicted molar refractivity (Wildman–Crippen MR) is 43.6 cm³/mol. The van der Waals surface area contributed by atoms with Gasteiger partial charge in [0.05, 0.1) is 6.04 Å². The summed E-state index contributed by atoms with van der Waals surface area (Å²) in [6.45, 7) is 3.96. The monoisotopic (exact) mass is 146 g/mol. The van der Waals surface area contributed by atoms with Gasteiger partial charge in [0, 0.05) is 1.43 Å². The average Bonchev–Trinajstić information content (AvgIpc) is 1.59. The number of carbonyl (C=O) groups excluding carboxylic acids is 1. The van der Waals surface area contributed by atoms with Crippen molar-refractivity contribution in [1.82, 2.24) is 4.90 Å². The lowest BCUT2D eigenvalue weighted by molar-refractivity contribution is -0.123. The lowest BCUT2D eigenvalue weighted by atomic mass is 10.0. The van der Waals surface area contributed by atoms with Gasteiger partial charge >= 0.3 is 0 Å². The highest BCUT2D eigenvalue weighted by atomic mass is 16.1. The molecule has 0 radical (unpaired) electrons. The minimum atomic E-state index is -0.250. The van der Waals surface area contributed by atoms with Gasteiger partial charge in [-0.25, -0.2) is 0 Å². The van der Waals surface area contributed by atoms with Crippen molar-refractivity contribution in [2.24, 2.45) is 11.7 Å². The van der Waals surface area contributed by atoms with Crippen LogP contribution in [-0.2, 0) is 4.79 Å². The highest BCUT2D eigenvalue weighted by molar-refractivity contribution is 5.80. The Labute approximate surface area is 63.7 Å². The van der Waals surface area contributed by atoms with Gasteiger partial charge in [0.15, 0.2) is 0 Å². The molecular formula is C7H18N2O. The summed E-state index contributed by atoms with van der Waals surface area (Å²) in [5, 5.41) is 0. The van der Waals surface area contributed by atoms with E-state index in [1.165, 1.54) is 0 Å². The van der Waals surface area contributed by atoms with Crippen molar-refractivity contribution in [1.29, 1.82) is 0 Å². The van der Waals surface area contributed by atoms with E-state index in [-0.39, 0.29) is 19.3 Å². The van der Waals surface area contributed by atoms with Crippen LogP contribution in [0.25, 0.3) is 0 Å². The third kappa shape index (κ3) is 2.35. The van der Waals surface area contributed by atoms with Gasteiger partial charge < -0.3 is 5.73 Å². The molecule has 0 rings (SSSR count). The van der Waals surface area contributed by atoms with E-state index in [4.69, 9.17) is 5.73 Å². The molecule has 0 saturated carbocycles. The Bertz CT molecular complexity index is 118. The van der Waals surface area contributed by atoms with Crippen LogP contribution >= 0.6 is 0 Å². The average molecular weight is 146 g/mol. The lowest BCUT2D eigenvalue weighted by Crippen LogP contribution is -2.43. The van der Waals surface area contributed by atoms with Crippen LogP contribution in [0.3, 0.4) is 0 Å². The fraction of sp³-hybridized carbons (Fsp3) is 0.857. The first-order valence-corrected chi connectivity index (χ1v) is 3.42. The van der Waals surface area contributed by atoms with Gasteiger partial charge in [0.2, 0.25) is 5.91 Å². The number of hydrogen-bond acceptors (Lipinski definition) is 2. The second-order valence-corrected chi connectivity index (χ2v) is 3.05. The van der Waals surface area contributed by atoms with E-state index in [2.05, 4.69) is 0 Å². The molecule has 2 N–H and O–H groups in total. The zero-order valence-corrected chi connectivity index (χ0v) is 7.09. The molecule has 0 aliphatic heterocycles. The normalized spacial score (nSPS) is 14.2. The number of carbonyl (C=O) groups is 1. The van der Waals surface area contributed by atoms with Gasteiger partial charge in [0.1, 0.15) is 0 Å². The van der Waals surface area contributed by atoms with Crippen LogP contribution in [0.4, 0.5) is 0 Å². The molecule has 3 nitrogen and oxygen atoms in total. The Kier molecular flexibility index (Phi) is 3.36. The Morgan fingerprint density at radius 2 is 1.90 bits per heavy atom. The Balaban J connectivity index is 0. The second-order valence-electron chi connectivity index (χ2n) is 3.05. The van der Waals surface area contributed by atoms with Crippen molar-refractivity contribution >= 4 is 5.91 Å². The second kappa shape index (κ2) is 3.56. The molecule has 0 aromatic carbocycles. The van der Waals surface area contributed by atoms with Crippen LogP contribution in [0.1, 0.15) is 15.3 Å². The number of hydrogen-bond donors (Lipinski definition) is 1. The predicted octanol–water partition coefficient (Wildman–Crippen LogP) is 0.304. The molecule has 1 amide bonds. The molecule has 0 aromatic heterocycles. The third-order valence-electron chi connectivity index (χ3n) is 1.48. The molecule has 62 valence electrons. The van der Waals surface area contributed by atoms with Gasteiger partial charge in [-0.2, -0.15) is 0 Å². The molecule has 10 heavy (non-hydrogen) atoms. The largest absolute Gasteiger partial charge is 0.368 e. The fourth-order valence-corrected chi connectivity index (χ4v) is 1.18. The maximum Gasteiger partial charge on any atom is 0.235 e. The van der Waals surface area contributed by atoms with E-state index < -0.39 is 0 Å². The molecule has 1 atom stereocenters. The van der Waals surface area contributed by atoms with Crippen molar-refractivity contribution in [3.8, 4) is 0 Å². The first kappa shape index (κ1) is 9.43. The molecule has 0 aliphatic rings. The maximum atomic E-state index is 10.8. The molecule has 0 saturated heterocycles. The Morgan fingerprint density at radius 1 is 1.50 bits per heavy atom. The number of rotatable bonds is 3. The van der Waals surface area contributed by atoms with Crippen molar-refractivity contribution in [2.45, 2.75) is 19.9 Å². The molecule has 0 spiro atoms. The highest BCUT2D eigenvalue weighted by Gasteiger charge is 2.20. The summed E-state index contributed by atoms with van der Waals surface area (Å²) in [4.78, 5) is 12.6. The van der Waals surface area contributed by atoms with E-state index >= 15 is 0 Å². The highest BCUT2D eigenvalue weighted by Crippen LogP contribution is 2.05. The summed E-state index contributed by atoms with van der Waals surface area (Å²) < 4.78 is 0. The van der Waals surface area contributed by atoms with E-state index in [1.807, 2.05) is 32.8 Å². The van der Waals surface area contributed by atoms with Crippen molar-refractivity contribution in [3.05, 3.63) is 0 Å². The first-order valence-electron chi connectivity index (χ1n) is 3.42. The van der Waals surface area contributed by atoms with Crippen molar-refractivity contribution in [2.75, 3.05) is 14.1 Å². The van der Waals surface area contributed by atoms with Crippen LogP contribution in [0.15, 0.2) is 0 Å². The standard InChI is InChI=1S/C7H16N2O.H2/c1-5(2)6(7(8)10)9(3)4;/h5-6H,1-4H3,(H2,8,10);1H/t6-;/m0./s1. The minimum Gasteiger partial charge on any atom is -0.368 e. The van der Waals surface area contributed by atoms with Gasteiger partial charge in [-0.1, -0.05) is 13.8 Å². The summed E-state index contributed by atoms with van der Waals surface area (Å²) in [5.41, 5.74) is 5.16. The number of nitrogens with two attached hydrogens (primary N) is 1. The smallest absolute Gasteiger partial charge is 0.235 e. The van der Waals surface area contributed by atoms with Gasteiger partial charge in [-0.3, -0.25) is 9.69 Å². The molecular weight excluding hydrogens is 128 g/mol. The Hall–Kier alpha value is -0.570. The van der Waals surface area contributed by atoms with E-state index in [0.29, 0.717) is 0 Å². The SMILES string of the molecule is CC(C)[C@@H](C(N)=O)N(C)C.[HH]. The number of primary amides is 1. The molecule has 0 heterocycles. The number of likely N-dealkylation sites (N-methyl/N-ethyl adjacent to an activating group) is 1. The number of amides is 1. The first-order chi connectivity index (χ1) is 4.46. The van der Waals surface area contributed by atoms with E-state index in [1.54, 1.807) is 0 Å². The van der Waals surface area contributed by atoms with Crippen LogP contribution < -0.4 is 5.73 Å². The van der Waals surface area contributed by atoms with Crippen molar-refractivity contribution in [3.63, 3.8) is 0 Å². The molecule has 0 aliphatic carbocycles. The fourth-order valence-electron chi connectivity index (χ4n) is 1.18. The molecule has 0 fully saturated rings. The summed E-state index contributed by atoms with van der Waals surface area (Å²) >= 11 is 0. The summed E-state index contributed by atoms with van der Waals surface area (Å²) in [6.07, 6.45) is 0. The molecule has 0 unspecified atom stereocenters. The number of nitrogens with zero attached hydrogens (tertiary/aromatic N) is 1. The summed E-state index contributed by atoms with van der Waals surface area (Å²) in [7, 11) is 3.71. The minimum absolute atomic E-state index is 0. The zero-order chi connectivity index (χ0) is 8.31. The van der Waals surface area contributed by atoms with Gasteiger partial charge in [0.25, 0.3) is 0 Å². The third-order valence-corrected chi connectivity index (χ3v) is 1.48. The lowest BCUT2D eigenvalue weighted by Gasteiger charge is -2.24. The van der Waals surface area contributed by atoms with Crippen LogP contribution in [-0.4, -0.2) is 30.9 Å². The van der Waals surface area contributed by atoms with Gasteiger partial charge in [-0.05, 0) is 20.0 Å². The zero-order valence-electron chi connectivity index (χ0n) is 7.09. The van der Waals surface area contributed by atoms with Gasteiger partial charge in [-0.15, -0.1) is 0 Å². The van der Waals surface area contributed by atoms with Crippen LogP contribution in [0.5, 0.6) is 0 Å². The van der Waals surface area contributed by atoms with E-state index in [9.17, 15) is 4.79 Å².